The normalized spacial score (nSPS) is 11.8. The fraction of sp³-hybridized carbons (Fsp3) is 0.462. The lowest BCUT2D eigenvalue weighted by atomic mass is 10.1. The number of nitrogens with zero attached hydrogens (tertiary/aromatic N) is 1. The number of para-hydroxylation sites is 1. The molecule has 1 aromatic rings. The van der Waals surface area contributed by atoms with Crippen molar-refractivity contribution in [3.8, 4) is 5.75 Å². The minimum Gasteiger partial charge on any atom is -0.487 e. The number of aliphatic hydroxyl groups excluding tert-OH is 1. The molecule has 0 aliphatic carbocycles. The first-order chi connectivity index (χ1) is 9.47. The molecule has 0 fully saturated rings. The van der Waals surface area contributed by atoms with Gasteiger partial charge in [-0.05, 0) is 26.3 Å². The Morgan fingerprint density at radius 2 is 2.25 bits per heavy atom. The van der Waals surface area contributed by atoms with Crippen molar-refractivity contribution in [1.82, 2.24) is 5.32 Å². The maximum absolute atomic E-state index is 12.0. The van der Waals surface area contributed by atoms with Gasteiger partial charge in [0.1, 0.15) is 0 Å². The van der Waals surface area contributed by atoms with Crippen LogP contribution in [-0.2, 0) is 0 Å². The monoisotopic (exact) mass is 282 g/mol. The zero-order valence-corrected chi connectivity index (χ0v) is 11.5. The van der Waals surface area contributed by atoms with Gasteiger partial charge in [-0.25, -0.2) is 0 Å². The predicted octanol–water partition coefficient (Wildman–Crippen LogP) is 1.49. The van der Waals surface area contributed by atoms with E-state index in [4.69, 9.17) is 9.84 Å². The van der Waals surface area contributed by atoms with E-state index in [0.29, 0.717) is 6.42 Å². The largest absolute Gasteiger partial charge is 0.487 e. The second kappa shape index (κ2) is 7.44. The number of nitrogens with one attached hydrogen (secondary N) is 1. The lowest BCUT2D eigenvalue weighted by Gasteiger charge is -2.11. The zero-order valence-electron chi connectivity index (χ0n) is 11.5. The third-order valence-corrected chi connectivity index (χ3v) is 2.57. The lowest BCUT2D eigenvalue weighted by Crippen LogP contribution is -2.27. The summed E-state index contributed by atoms with van der Waals surface area (Å²) in [6.07, 6.45) is -0.114. The first kappa shape index (κ1) is 15.9. The highest BCUT2D eigenvalue weighted by atomic mass is 16.6. The van der Waals surface area contributed by atoms with E-state index in [0.717, 1.165) is 0 Å². The van der Waals surface area contributed by atoms with Crippen LogP contribution in [0.2, 0.25) is 0 Å². The number of rotatable bonds is 7. The molecular weight excluding hydrogens is 264 g/mol. The van der Waals surface area contributed by atoms with E-state index < -0.39 is 16.9 Å². The summed E-state index contributed by atoms with van der Waals surface area (Å²) < 4.78 is 5.23. The fourth-order valence-corrected chi connectivity index (χ4v) is 1.63. The summed E-state index contributed by atoms with van der Waals surface area (Å²) in [7, 11) is 0. The average Bonchev–Trinajstić information content (AvgIpc) is 2.38. The van der Waals surface area contributed by atoms with Crippen molar-refractivity contribution in [2.24, 2.45) is 0 Å². The smallest absolute Gasteiger partial charge is 0.311 e. The molecule has 0 spiro atoms. The summed E-state index contributed by atoms with van der Waals surface area (Å²) in [5, 5.41) is 22.7. The van der Waals surface area contributed by atoms with E-state index in [1.54, 1.807) is 13.8 Å². The highest BCUT2D eigenvalue weighted by Gasteiger charge is 2.22. The minimum atomic E-state index is -0.586. The molecule has 0 radical (unpaired) electrons. The molecule has 2 N–H and O–H groups in total. The van der Waals surface area contributed by atoms with Gasteiger partial charge < -0.3 is 15.2 Å². The predicted molar refractivity (Wildman–Crippen MR) is 72.9 cm³/mol. The van der Waals surface area contributed by atoms with Crippen molar-refractivity contribution in [2.75, 3.05) is 13.2 Å². The third-order valence-electron chi connectivity index (χ3n) is 2.57. The van der Waals surface area contributed by atoms with E-state index in [9.17, 15) is 14.9 Å². The van der Waals surface area contributed by atoms with Gasteiger partial charge in [-0.15, -0.1) is 0 Å². The second-order valence-electron chi connectivity index (χ2n) is 4.24. The molecule has 1 unspecified atom stereocenters. The van der Waals surface area contributed by atoms with E-state index in [1.165, 1.54) is 18.2 Å². The number of nitro groups is 1. The van der Waals surface area contributed by atoms with Crippen LogP contribution in [0.25, 0.3) is 0 Å². The van der Waals surface area contributed by atoms with E-state index in [1.807, 2.05) is 0 Å². The van der Waals surface area contributed by atoms with Gasteiger partial charge in [0.25, 0.3) is 5.91 Å². The molecule has 0 saturated heterocycles. The van der Waals surface area contributed by atoms with Crippen molar-refractivity contribution in [2.45, 2.75) is 26.4 Å². The van der Waals surface area contributed by atoms with Crippen LogP contribution >= 0.6 is 0 Å². The number of carbonyl (C=O) groups excluding carboxylic acids is 1. The van der Waals surface area contributed by atoms with E-state index in [2.05, 4.69) is 5.32 Å². The van der Waals surface area contributed by atoms with Gasteiger partial charge >= 0.3 is 5.69 Å². The van der Waals surface area contributed by atoms with Crippen LogP contribution in [0, 0.1) is 10.1 Å². The summed E-state index contributed by atoms with van der Waals surface area (Å²) in [5.74, 6) is -0.493. The number of nitro benzene ring substituents is 1. The van der Waals surface area contributed by atoms with Crippen molar-refractivity contribution in [3.05, 3.63) is 33.9 Å². The lowest BCUT2D eigenvalue weighted by molar-refractivity contribution is -0.385. The summed E-state index contributed by atoms with van der Waals surface area (Å²) in [6.45, 7) is 3.81. The van der Waals surface area contributed by atoms with Crippen LogP contribution < -0.4 is 10.1 Å². The van der Waals surface area contributed by atoms with Crippen LogP contribution in [0.4, 0.5) is 5.69 Å². The van der Waals surface area contributed by atoms with Gasteiger partial charge in [-0.1, -0.05) is 6.07 Å². The fourth-order valence-electron chi connectivity index (χ4n) is 1.63. The van der Waals surface area contributed by atoms with Gasteiger partial charge in [0.05, 0.1) is 23.2 Å². The number of carbonyl (C=O) groups is 1. The summed E-state index contributed by atoms with van der Waals surface area (Å²) in [5.41, 5.74) is -0.123. The maximum atomic E-state index is 12.0. The van der Waals surface area contributed by atoms with E-state index >= 15 is 0 Å². The summed E-state index contributed by atoms with van der Waals surface area (Å²) >= 11 is 0. The standard InChI is InChI=1S/C13H18N2O5/c1-3-20-12-10(5-4-6-11(12)15(18)19)13(17)14-8-7-9(2)16/h4-6,9,16H,3,7-8H2,1-2H3,(H,14,17). The van der Waals surface area contributed by atoms with Gasteiger partial charge in [0.15, 0.2) is 0 Å². The van der Waals surface area contributed by atoms with Gasteiger partial charge in [-0.3, -0.25) is 14.9 Å². The van der Waals surface area contributed by atoms with Crippen molar-refractivity contribution < 1.29 is 19.6 Å². The SMILES string of the molecule is CCOc1c(C(=O)NCCC(C)O)cccc1[N+](=O)[O-]. The highest BCUT2D eigenvalue weighted by Crippen LogP contribution is 2.30. The molecule has 1 rings (SSSR count). The molecule has 1 atom stereocenters. The first-order valence-electron chi connectivity index (χ1n) is 6.33. The number of hydrogen-bond donors (Lipinski definition) is 2. The molecule has 1 aromatic carbocycles. The van der Waals surface area contributed by atoms with Crippen LogP contribution in [0.5, 0.6) is 5.75 Å². The molecule has 110 valence electrons. The molecule has 20 heavy (non-hydrogen) atoms. The van der Waals surface area contributed by atoms with Crippen LogP contribution in [0.1, 0.15) is 30.6 Å². The minimum absolute atomic E-state index is 0.0328. The molecule has 0 aromatic heterocycles. The Hall–Kier alpha value is -2.15. The maximum Gasteiger partial charge on any atom is 0.311 e. The topological polar surface area (TPSA) is 102 Å². The number of aliphatic hydroxyl groups is 1. The first-order valence-corrected chi connectivity index (χ1v) is 6.33. The number of amides is 1. The molecule has 7 heteroatoms. The molecule has 0 heterocycles. The zero-order chi connectivity index (χ0) is 15.1. The van der Waals surface area contributed by atoms with Crippen LogP contribution in [0.15, 0.2) is 18.2 Å². The van der Waals surface area contributed by atoms with Crippen molar-refractivity contribution in [1.29, 1.82) is 0 Å². The summed E-state index contributed by atoms with van der Waals surface area (Å²) in [4.78, 5) is 22.4. The Labute approximate surface area is 116 Å². The third kappa shape index (κ3) is 4.20. The Bertz CT molecular complexity index is 488. The second-order valence-corrected chi connectivity index (χ2v) is 4.24. The Morgan fingerprint density at radius 3 is 2.80 bits per heavy atom. The molecule has 0 bridgehead atoms. The molecule has 0 aliphatic rings. The number of benzene rings is 1. The van der Waals surface area contributed by atoms with Gasteiger partial charge in [-0.2, -0.15) is 0 Å². The number of hydrogen-bond acceptors (Lipinski definition) is 5. The van der Waals surface area contributed by atoms with Crippen LogP contribution in [-0.4, -0.2) is 35.2 Å². The Kier molecular flexibility index (Phi) is 5.92. The van der Waals surface area contributed by atoms with Crippen LogP contribution in [0.3, 0.4) is 0 Å². The molecular formula is C13H18N2O5. The van der Waals surface area contributed by atoms with Crippen molar-refractivity contribution >= 4 is 11.6 Å². The molecule has 0 aliphatic heterocycles. The Morgan fingerprint density at radius 1 is 1.55 bits per heavy atom. The molecule has 0 saturated carbocycles. The van der Waals surface area contributed by atoms with E-state index in [-0.39, 0.29) is 30.2 Å². The van der Waals surface area contributed by atoms with Gasteiger partial charge in [0, 0.05) is 12.6 Å². The Balaban J connectivity index is 2.95. The summed E-state index contributed by atoms with van der Waals surface area (Å²) in [6, 6.07) is 4.19. The highest BCUT2D eigenvalue weighted by molar-refractivity contribution is 5.98. The molecule has 1 amide bonds. The van der Waals surface area contributed by atoms with Gasteiger partial charge in [0.2, 0.25) is 5.75 Å². The van der Waals surface area contributed by atoms with Crippen molar-refractivity contribution in [3.63, 3.8) is 0 Å². The number of ether oxygens (including phenoxy) is 1. The quantitative estimate of drug-likeness (QED) is 0.582. The molecule has 7 nitrogen and oxygen atoms in total. The average molecular weight is 282 g/mol.